The quantitative estimate of drug-likeness (QED) is 0.380. The van der Waals surface area contributed by atoms with E-state index in [0.29, 0.717) is 22.6 Å². The molecule has 28 heavy (non-hydrogen) atoms. The van der Waals surface area contributed by atoms with Gasteiger partial charge in [0.25, 0.3) is 5.91 Å². The fourth-order valence-electron chi connectivity index (χ4n) is 2.30. The van der Waals surface area contributed by atoms with Gasteiger partial charge in [-0.15, -0.1) is 10.2 Å². The summed E-state index contributed by atoms with van der Waals surface area (Å²) in [6.07, 6.45) is 0.174. The lowest BCUT2D eigenvalue weighted by molar-refractivity contribution is -0.139. The number of rotatable bonds is 6. The lowest BCUT2D eigenvalue weighted by Gasteiger charge is -2.07. The van der Waals surface area contributed by atoms with Gasteiger partial charge in [-0.3, -0.25) is 4.79 Å². The highest BCUT2D eigenvalue weighted by molar-refractivity contribution is 5.94. The molecule has 3 aromatic carbocycles. The van der Waals surface area contributed by atoms with Crippen molar-refractivity contribution in [2.45, 2.75) is 6.42 Å². The molecule has 7 nitrogen and oxygen atoms in total. The summed E-state index contributed by atoms with van der Waals surface area (Å²) in [5.41, 5.74) is 11.1. The fraction of sp³-hybridized carbons (Fsp3) is 0.0476. The van der Waals surface area contributed by atoms with E-state index in [9.17, 15) is 9.59 Å². The highest BCUT2D eigenvalue weighted by atomic mass is 16.7. The van der Waals surface area contributed by atoms with Gasteiger partial charge in [0.15, 0.2) is 0 Å². The smallest absolute Gasteiger partial charge is 0.336 e. The normalized spacial score (nSPS) is 10.6. The summed E-state index contributed by atoms with van der Waals surface area (Å²) in [5, 5.41) is 7.59. The molecule has 0 saturated carbocycles. The number of carbonyl (C=O) groups excluding carboxylic acids is 2. The lowest BCUT2D eigenvalue weighted by atomic mass is 10.2. The van der Waals surface area contributed by atoms with E-state index >= 15 is 0 Å². The van der Waals surface area contributed by atoms with Crippen molar-refractivity contribution < 1.29 is 14.4 Å². The van der Waals surface area contributed by atoms with Gasteiger partial charge in [0.2, 0.25) is 0 Å². The van der Waals surface area contributed by atoms with Gasteiger partial charge in [-0.25, -0.2) is 10.3 Å². The number of amides is 1. The minimum Gasteiger partial charge on any atom is -0.399 e. The number of nitrogens with zero attached hydrogens (tertiary/aromatic N) is 2. The third-order valence-electron chi connectivity index (χ3n) is 3.76. The van der Waals surface area contributed by atoms with E-state index in [1.807, 2.05) is 30.3 Å². The van der Waals surface area contributed by atoms with E-state index in [2.05, 4.69) is 15.7 Å². The van der Waals surface area contributed by atoms with Crippen LogP contribution < -0.4 is 11.2 Å². The highest BCUT2D eigenvalue weighted by Crippen LogP contribution is 2.17. The minimum atomic E-state index is -0.461. The number of azo groups is 1. The lowest BCUT2D eigenvalue weighted by Crippen LogP contribution is -2.12. The second kappa shape index (κ2) is 9.09. The molecule has 0 radical (unpaired) electrons. The molecular formula is C21H18N4O3. The number of nitrogens with two attached hydrogens (primary N) is 1. The third-order valence-corrected chi connectivity index (χ3v) is 3.76. The van der Waals surface area contributed by atoms with Crippen LogP contribution in [0.2, 0.25) is 0 Å². The van der Waals surface area contributed by atoms with Gasteiger partial charge < -0.3 is 10.6 Å². The monoisotopic (exact) mass is 374 g/mol. The first kappa shape index (κ1) is 18.8. The molecule has 7 heteroatoms. The Labute approximate surface area is 161 Å². The van der Waals surface area contributed by atoms with Crippen LogP contribution in [0.15, 0.2) is 89.1 Å². The Bertz CT molecular complexity index is 969. The van der Waals surface area contributed by atoms with Crippen molar-refractivity contribution in [3.63, 3.8) is 0 Å². The second-order valence-electron chi connectivity index (χ2n) is 5.91. The topological polar surface area (TPSA) is 106 Å². The number of nitrogen functional groups attached to an aromatic ring is 1. The SMILES string of the molecule is Nc1ccc(C(=O)N=Nc2ccc(NOC(=O)Cc3ccccc3)cc2)cc1. The summed E-state index contributed by atoms with van der Waals surface area (Å²) in [7, 11) is 0. The number of benzene rings is 3. The van der Waals surface area contributed by atoms with E-state index in [1.165, 1.54) is 0 Å². The minimum absolute atomic E-state index is 0.174. The molecule has 3 aromatic rings. The van der Waals surface area contributed by atoms with Crippen LogP contribution in [0.5, 0.6) is 0 Å². The number of nitrogens with one attached hydrogen (secondary N) is 1. The molecule has 3 rings (SSSR count). The van der Waals surface area contributed by atoms with Crippen molar-refractivity contribution in [1.29, 1.82) is 0 Å². The number of hydrogen-bond donors (Lipinski definition) is 2. The maximum Gasteiger partial charge on any atom is 0.336 e. The molecule has 0 saturated heterocycles. The molecule has 0 aromatic heterocycles. The molecule has 0 aliphatic carbocycles. The van der Waals surface area contributed by atoms with Gasteiger partial charge in [0.1, 0.15) is 0 Å². The molecule has 0 fully saturated rings. The number of carbonyl (C=O) groups is 2. The number of anilines is 2. The highest BCUT2D eigenvalue weighted by Gasteiger charge is 2.06. The average molecular weight is 374 g/mol. The molecule has 0 atom stereocenters. The van der Waals surface area contributed by atoms with Crippen LogP contribution in [0.1, 0.15) is 15.9 Å². The molecule has 140 valence electrons. The van der Waals surface area contributed by atoms with Crippen molar-refractivity contribution in [1.82, 2.24) is 0 Å². The molecule has 0 heterocycles. The van der Waals surface area contributed by atoms with Gasteiger partial charge in [0, 0.05) is 11.3 Å². The van der Waals surface area contributed by atoms with E-state index in [0.717, 1.165) is 5.56 Å². The van der Waals surface area contributed by atoms with E-state index in [4.69, 9.17) is 10.6 Å². The predicted molar refractivity (Wildman–Crippen MR) is 106 cm³/mol. The summed E-state index contributed by atoms with van der Waals surface area (Å²) in [6, 6.07) is 22.4. The zero-order valence-electron chi connectivity index (χ0n) is 14.9. The van der Waals surface area contributed by atoms with E-state index in [-0.39, 0.29) is 6.42 Å². The molecule has 3 N–H and O–H groups in total. The average Bonchev–Trinajstić information content (AvgIpc) is 2.72. The largest absolute Gasteiger partial charge is 0.399 e. The molecular weight excluding hydrogens is 356 g/mol. The summed E-state index contributed by atoms with van der Waals surface area (Å²) < 4.78 is 0. The van der Waals surface area contributed by atoms with Gasteiger partial charge in [-0.1, -0.05) is 30.3 Å². The van der Waals surface area contributed by atoms with Crippen LogP contribution in [0.25, 0.3) is 0 Å². The Balaban J connectivity index is 1.51. The Morgan fingerprint density at radius 2 is 1.57 bits per heavy atom. The summed E-state index contributed by atoms with van der Waals surface area (Å²) >= 11 is 0. The van der Waals surface area contributed by atoms with Crippen molar-refractivity contribution >= 4 is 28.9 Å². The Morgan fingerprint density at radius 3 is 2.25 bits per heavy atom. The van der Waals surface area contributed by atoms with Crippen LogP contribution >= 0.6 is 0 Å². The van der Waals surface area contributed by atoms with E-state index < -0.39 is 11.9 Å². The Hall–Kier alpha value is -4.00. The summed E-state index contributed by atoms with van der Waals surface area (Å²) in [5.74, 6) is -0.860. The van der Waals surface area contributed by atoms with Crippen LogP contribution in [-0.2, 0) is 16.1 Å². The first-order chi connectivity index (χ1) is 13.6. The van der Waals surface area contributed by atoms with Crippen LogP contribution in [-0.4, -0.2) is 11.9 Å². The first-order valence-corrected chi connectivity index (χ1v) is 8.51. The Kier molecular flexibility index (Phi) is 6.10. The van der Waals surface area contributed by atoms with E-state index in [1.54, 1.807) is 48.5 Å². The predicted octanol–water partition coefficient (Wildman–Crippen LogP) is 4.31. The molecule has 0 bridgehead atoms. The van der Waals surface area contributed by atoms with Gasteiger partial charge >= 0.3 is 5.97 Å². The van der Waals surface area contributed by atoms with Gasteiger partial charge in [-0.05, 0) is 54.1 Å². The van der Waals surface area contributed by atoms with Crippen LogP contribution in [0.4, 0.5) is 17.1 Å². The first-order valence-electron chi connectivity index (χ1n) is 8.51. The zero-order valence-corrected chi connectivity index (χ0v) is 14.9. The zero-order chi connectivity index (χ0) is 19.8. The van der Waals surface area contributed by atoms with Crippen molar-refractivity contribution in [2.75, 3.05) is 11.2 Å². The molecule has 0 aliphatic rings. The summed E-state index contributed by atoms with van der Waals surface area (Å²) in [4.78, 5) is 28.8. The molecule has 1 amide bonds. The number of hydrogen-bond acceptors (Lipinski definition) is 6. The molecule has 0 spiro atoms. The van der Waals surface area contributed by atoms with Crippen molar-refractivity contribution in [2.24, 2.45) is 10.2 Å². The standard InChI is InChI=1S/C21H18N4O3/c22-17-8-6-16(7-9-17)21(27)24-23-18-10-12-19(13-11-18)25-28-20(26)14-15-4-2-1-3-5-15/h1-13,25H,14,22H2. The van der Waals surface area contributed by atoms with Gasteiger partial charge in [-0.2, -0.15) is 0 Å². The van der Waals surface area contributed by atoms with Crippen LogP contribution in [0.3, 0.4) is 0 Å². The Morgan fingerprint density at radius 1 is 0.893 bits per heavy atom. The third kappa shape index (κ3) is 5.50. The maximum absolute atomic E-state index is 12.0. The van der Waals surface area contributed by atoms with Crippen molar-refractivity contribution in [3.05, 3.63) is 90.0 Å². The van der Waals surface area contributed by atoms with Crippen molar-refractivity contribution in [3.8, 4) is 0 Å². The second-order valence-corrected chi connectivity index (χ2v) is 5.91. The summed E-state index contributed by atoms with van der Waals surface area (Å²) in [6.45, 7) is 0. The molecule has 0 unspecified atom stereocenters. The fourth-order valence-corrected chi connectivity index (χ4v) is 2.30. The molecule has 0 aliphatic heterocycles. The van der Waals surface area contributed by atoms with Gasteiger partial charge in [0.05, 0.1) is 17.8 Å². The van der Waals surface area contributed by atoms with Crippen LogP contribution in [0, 0.1) is 0 Å². The maximum atomic E-state index is 12.0.